The maximum Gasteiger partial charge on any atom is 0.164 e. The molecule has 0 aliphatic carbocycles. The number of ether oxygens (including phenoxy) is 2. The molecule has 0 bridgehead atoms. The van der Waals surface area contributed by atoms with Gasteiger partial charge in [0.1, 0.15) is 12.0 Å². The predicted molar refractivity (Wildman–Crippen MR) is 85.4 cm³/mol. The van der Waals surface area contributed by atoms with Gasteiger partial charge in [0.15, 0.2) is 17.3 Å². The van der Waals surface area contributed by atoms with Gasteiger partial charge in [0.25, 0.3) is 0 Å². The van der Waals surface area contributed by atoms with E-state index in [2.05, 4.69) is 0 Å². The van der Waals surface area contributed by atoms with E-state index >= 15 is 0 Å². The monoisotopic (exact) mass is 314 g/mol. The Balaban J connectivity index is 2.20. The van der Waals surface area contributed by atoms with Crippen molar-refractivity contribution in [1.82, 2.24) is 0 Å². The molecule has 5 nitrogen and oxygen atoms in total. The number of hydrogen-bond acceptors (Lipinski definition) is 5. The summed E-state index contributed by atoms with van der Waals surface area (Å²) < 4.78 is 10.1. The Labute approximate surface area is 134 Å². The molecule has 23 heavy (non-hydrogen) atoms. The summed E-state index contributed by atoms with van der Waals surface area (Å²) in [7, 11) is 2.97. The number of phenols is 1. The maximum atomic E-state index is 12.4. The van der Waals surface area contributed by atoms with Crippen LogP contribution < -0.4 is 9.47 Å². The minimum Gasteiger partial charge on any atom is -0.504 e. The quantitative estimate of drug-likeness (QED) is 0.628. The summed E-state index contributed by atoms with van der Waals surface area (Å²) in [4.78, 5) is 23.7. The Morgan fingerprint density at radius 2 is 1.96 bits per heavy atom. The number of carbonyl (C=O) groups is 2. The zero-order chi connectivity index (χ0) is 16.8. The Kier molecular flexibility index (Phi) is 5.36. The Bertz CT molecular complexity index is 708. The fourth-order valence-electron chi connectivity index (χ4n) is 2.30. The first-order valence-corrected chi connectivity index (χ1v) is 7.08. The number of carbonyl (C=O) groups excluding carboxylic acids is 2. The van der Waals surface area contributed by atoms with Crippen molar-refractivity contribution in [2.45, 2.75) is 12.3 Å². The van der Waals surface area contributed by atoms with Gasteiger partial charge in [-0.25, -0.2) is 0 Å². The van der Waals surface area contributed by atoms with Gasteiger partial charge in [-0.05, 0) is 29.8 Å². The number of benzene rings is 2. The Morgan fingerprint density at radius 1 is 1.17 bits per heavy atom. The van der Waals surface area contributed by atoms with Crippen LogP contribution in [0.4, 0.5) is 0 Å². The van der Waals surface area contributed by atoms with Crippen molar-refractivity contribution in [3.63, 3.8) is 0 Å². The summed E-state index contributed by atoms with van der Waals surface area (Å²) in [6.07, 6.45) is 0.724. The van der Waals surface area contributed by atoms with Crippen molar-refractivity contribution in [2.75, 3.05) is 14.2 Å². The lowest BCUT2D eigenvalue weighted by Crippen LogP contribution is -2.09. The minimum absolute atomic E-state index is 0.0163. The van der Waals surface area contributed by atoms with E-state index in [-0.39, 0.29) is 18.0 Å². The molecule has 2 aromatic rings. The second-order valence-electron chi connectivity index (χ2n) is 5.03. The van der Waals surface area contributed by atoms with Crippen LogP contribution in [0.5, 0.6) is 17.2 Å². The number of aromatic hydroxyl groups is 1. The fraction of sp³-hybridized carbons (Fsp3) is 0.222. The summed E-state index contributed by atoms with van der Waals surface area (Å²) in [5, 5.41) is 9.81. The maximum absolute atomic E-state index is 12.4. The lowest BCUT2D eigenvalue weighted by atomic mass is 9.92. The molecule has 0 aliphatic heterocycles. The van der Waals surface area contributed by atoms with Gasteiger partial charge >= 0.3 is 0 Å². The van der Waals surface area contributed by atoms with Crippen molar-refractivity contribution in [3.05, 3.63) is 53.6 Å². The van der Waals surface area contributed by atoms with Gasteiger partial charge in [-0.15, -0.1) is 0 Å². The van der Waals surface area contributed by atoms with Crippen molar-refractivity contribution in [2.24, 2.45) is 0 Å². The molecule has 1 unspecified atom stereocenters. The van der Waals surface area contributed by atoms with Crippen LogP contribution in [0.2, 0.25) is 0 Å². The third kappa shape index (κ3) is 3.88. The van der Waals surface area contributed by atoms with Crippen molar-refractivity contribution in [3.8, 4) is 17.2 Å². The van der Waals surface area contributed by atoms with Gasteiger partial charge in [-0.1, -0.05) is 18.2 Å². The number of rotatable bonds is 7. The van der Waals surface area contributed by atoms with E-state index in [1.807, 2.05) is 0 Å². The molecule has 0 spiro atoms. The molecule has 5 heteroatoms. The van der Waals surface area contributed by atoms with E-state index in [1.165, 1.54) is 20.3 Å². The number of hydrogen-bond donors (Lipinski definition) is 1. The summed E-state index contributed by atoms with van der Waals surface area (Å²) in [6.45, 7) is 0. The lowest BCUT2D eigenvalue weighted by Gasteiger charge is -2.12. The first-order valence-electron chi connectivity index (χ1n) is 7.08. The SMILES string of the molecule is COc1cccc(C(=O)CC(C=O)c2ccc(OC)c(O)c2)c1. The molecule has 0 saturated heterocycles. The van der Waals surface area contributed by atoms with Crippen molar-refractivity contribution in [1.29, 1.82) is 0 Å². The Hall–Kier alpha value is -2.82. The van der Waals surface area contributed by atoms with E-state index in [0.717, 1.165) is 0 Å². The summed E-state index contributed by atoms with van der Waals surface area (Å²) in [6, 6.07) is 11.5. The smallest absolute Gasteiger partial charge is 0.164 e. The predicted octanol–water partition coefficient (Wildman–Crippen LogP) is 2.96. The summed E-state index contributed by atoms with van der Waals surface area (Å²) >= 11 is 0. The molecule has 120 valence electrons. The third-order valence-electron chi connectivity index (χ3n) is 3.59. The molecule has 0 saturated carbocycles. The molecule has 1 N–H and O–H groups in total. The second-order valence-corrected chi connectivity index (χ2v) is 5.03. The van der Waals surface area contributed by atoms with Crippen LogP contribution in [0.3, 0.4) is 0 Å². The van der Waals surface area contributed by atoms with Crippen LogP contribution in [0.15, 0.2) is 42.5 Å². The summed E-state index contributed by atoms with van der Waals surface area (Å²) in [5.41, 5.74) is 1.04. The molecule has 2 rings (SSSR count). The number of phenolic OH excluding ortho intramolecular Hbond substituents is 1. The van der Waals surface area contributed by atoms with Gasteiger partial charge in [-0.3, -0.25) is 4.79 Å². The van der Waals surface area contributed by atoms with Crippen molar-refractivity contribution < 1.29 is 24.2 Å². The largest absolute Gasteiger partial charge is 0.504 e. The molecule has 0 radical (unpaired) electrons. The van der Waals surface area contributed by atoms with E-state index in [4.69, 9.17) is 9.47 Å². The van der Waals surface area contributed by atoms with Crippen LogP contribution in [0.1, 0.15) is 28.3 Å². The van der Waals surface area contributed by atoms with Crippen LogP contribution in [0, 0.1) is 0 Å². The van der Waals surface area contributed by atoms with E-state index in [1.54, 1.807) is 36.4 Å². The molecule has 1 atom stereocenters. The molecule has 2 aromatic carbocycles. The molecular formula is C18H18O5. The van der Waals surface area contributed by atoms with Crippen LogP contribution in [-0.4, -0.2) is 31.4 Å². The highest BCUT2D eigenvalue weighted by Gasteiger charge is 2.18. The first kappa shape index (κ1) is 16.5. The van der Waals surface area contributed by atoms with Crippen molar-refractivity contribution >= 4 is 12.1 Å². The number of ketones is 1. The topological polar surface area (TPSA) is 72.8 Å². The molecular weight excluding hydrogens is 296 g/mol. The summed E-state index contributed by atoms with van der Waals surface area (Å²) in [5.74, 6) is 0.0330. The van der Waals surface area contributed by atoms with E-state index in [0.29, 0.717) is 28.9 Å². The highest BCUT2D eigenvalue weighted by atomic mass is 16.5. The van der Waals surface area contributed by atoms with E-state index in [9.17, 15) is 14.7 Å². The van der Waals surface area contributed by atoms with Crippen LogP contribution in [-0.2, 0) is 4.79 Å². The number of methoxy groups -OCH3 is 2. The average molecular weight is 314 g/mol. The molecule has 0 fully saturated rings. The highest BCUT2D eigenvalue weighted by Crippen LogP contribution is 2.30. The molecule has 0 aliphatic rings. The van der Waals surface area contributed by atoms with Gasteiger partial charge < -0.3 is 19.4 Å². The standard InChI is InChI=1S/C18H18O5/c1-22-15-5-3-4-13(8-15)16(20)10-14(11-19)12-6-7-18(23-2)17(21)9-12/h3-9,11,14,21H,10H2,1-2H3. The molecule has 0 amide bonds. The minimum atomic E-state index is -0.634. The normalized spacial score (nSPS) is 11.6. The first-order chi connectivity index (χ1) is 11.1. The zero-order valence-electron chi connectivity index (χ0n) is 13.0. The van der Waals surface area contributed by atoms with Gasteiger partial charge in [0.05, 0.1) is 14.2 Å². The Morgan fingerprint density at radius 3 is 2.57 bits per heavy atom. The second kappa shape index (κ2) is 7.45. The zero-order valence-corrected chi connectivity index (χ0v) is 13.0. The average Bonchev–Trinajstić information content (AvgIpc) is 2.59. The highest BCUT2D eigenvalue weighted by molar-refractivity contribution is 5.98. The third-order valence-corrected chi connectivity index (χ3v) is 3.59. The van der Waals surface area contributed by atoms with Gasteiger partial charge in [-0.2, -0.15) is 0 Å². The van der Waals surface area contributed by atoms with Gasteiger partial charge in [0, 0.05) is 17.9 Å². The lowest BCUT2D eigenvalue weighted by molar-refractivity contribution is -0.109. The van der Waals surface area contributed by atoms with E-state index < -0.39 is 5.92 Å². The number of Topliss-reactive ketones (excluding diaryl/α,β-unsaturated/α-hetero) is 1. The number of aldehydes is 1. The van der Waals surface area contributed by atoms with Crippen LogP contribution >= 0.6 is 0 Å². The molecule has 0 heterocycles. The fourth-order valence-corrected chi connectivity index (χ4v) is 2.30. The molecule has 0 aromatic heterocycles. The van der Waals surface area contributed by atoms with Crippen LogP contribution in [0.25, 0.3) is 0 Å². The van der Waals surface area contributed by atoms with Gasteiger partial charge in [0.2, 0.25) is 0 Å².